The van der Waals surface area contributed by atoms with Crippen molar-refractivity contribution in [1.29, 1.82) is 0 Å². The Kier molecular flexibility index (Phi) is 4.80. The summed E-state index contributed by atoms with van der Waals surface area (Å²) < 4.78 is 6.80. The lowest BCUT2D eigenvalue weighted by molar-refractivity contribution is 0.181. The van der Waals surface area contributed by atoms with Crippen LogP contribution in [0, 0.1) is 0 Å². The Morgan fingerprint density at radius 3 is 2.87 bits per heavy atom. The van der Waals surface area contributed by atoms with E-state index >= 15 is 0 Å². The Hall–Kier alpha value is -2.51. The Balaban J connectivity index is 1.96. The number of aliphatic hydroxyl groups is 1. The number of benzene rings is 1. The summed E-state index contributed by atoms with van der Waals surface area (Å²) in [7, 11) is 1.63. The van der Waals surface area contributed by atoms with Crippen LogP contribution in [0.5, 0.6) is 0 Å². The summed E-state index contributed by atoms with van der Waals surface area (Å²) >= 11 is 0. The maximum atomic E-state index is 9.38. The van der Waals surface area contributed by atoms with Crippen molar-refractivity contribution < 1.29 is 9.84 Å². The molecule has 0 aliphatic carbocycles. The lowest BCUT2D eigenvalue weighted by Crippen LogP contribution is -2.16. The molecule has 1 aromatic carbocycles. The van der Waals surface area contributed by atoms with Crippen LogP contribution >= 0.6 is 0 Å². The van der Waals surface area contributed by atoms with Gasteiger partial charge in [-0.2, -0.15) is 14.6 Å². The van der Waals surface area contributed by atoms with Crippen LogP contribution < -0.4 is 5.32 Å². The van der Waals surface area contributed by atoms with Gasteiger partial charge in [-0.3, -0.25) is 0 Å². The van der Waals surface area contributed by atoms with E-state index in [4.69, 9.17) is 4.74 Å². The van der Waals surface area contributed by atoms with E-state index in [2.05, 4.69) is 20.4 Å². The van der Waals surface area contributed by atoms with Crippen LogP contribution in [-0.2, 0) is 11.3 Å². The van der Waals surface area contributed by atoms with Crippen molar-refractivity contribution >= 4 is 11.6 Å². The number of ether oxygens (including phenoxy) is 1. The molecule has 0 aliphatic heterocycles. The van der Waals surface area contributed by atoms with Crippen molar-refractivity contribution in [2.24, 2.45) is 0 Å². The number of hydrogen-bond acceptors (Lipinski definition) is 6. The van der Waals surface area contributed by atoms with Crippen LogP contribution in [0.1, 0.15) is 23.7 Å². The molecule has 23 heavy (non-hydrogen) atoms. The third-order valence-electron chi connectivity index (χ3n) is 3.54. The van der Waals surface area contributed by atoms with Gasteiger partial charge in [-0.15, -0.1) is 0 Å². The van der Waals surface area contributed by atoms with E-state index in [0.29, 0.717) is 18.8 Å². The van der Waals surface area contributed by atoms with E-state index in [1.54, 1.807) is 11.6 Å². The van der Waals surface area contributed by atoms with Crippen LogP contribution in [0.3, 0.4) is 0 Å². The van der Waals surface area contributed by atoms with Gasteiger partial charge in [0.25, 0.3) is 5.78 Å². The molecular formula is C16H19N5O2. The van der Waals surface area contributed by atoms with Crippen molar-refractivity contribution in [3.8, 4) is 0 Å². The van der Waals surface area contributed by atoms with E-state index in [1.807, 2.05) is 36.4 Å². The molecule has 0 radical (unpaired) electrons. The van der Waals surface area contributed by atoms with Crippen molar-refractivity contribution in [2.45, 2.75) is 19.1 Å². The van der Waals surface area contributed by atoms with Crippen LogP contribution in [0.25, 0.3) is 5.78 Å². The number of aliphatic hydroxyl groups excluding tert-OH is 1. The summed E-state index contributed by atoms with van der Waals surface area (Å²) in [5, 5.41) is 17.0. The van der Waals surface area contributed by atoms with Gasteiger partial charge in [0.1, 0.15) is 12.1 Å². The minimum atomic E-state index is -0.0357. The molecule has 3 aromatic rings. The van der Waals surface area contributed by atoms with Crippen molar-refractivity contribution in [3.05, 3.63) is 54.0 Å². The van der Waals surface area contributed by atoms with Gasteiger partial charge >= 0.3 is 0 Å². The van der Waals surface area contributed by atoms with Crippen molar-refractivity contribution in [3.63, 3.8) is 0 Å². The summed E-state index contributed by atoms with van der Waals surface area (Å²) in [4.78, 5) is 8.53. The maximum Gasteiger partial charge on any atom is 0.254 e. The first-order chi connectivity index (χ1) is 11.3. The Morgan fingerprint density at radius 2 is 2.13 bits per heavy atom. The van der Waals surface area contributed by atoms with Crippen LogP contribution in [0.2, 0.25) is 0 Å². The van der Waals surface area contributed by atoms with Gasteiger partial charge in [0.05, 0.1) is 18.3 Å². The molecule has 2 N–H and O–H groups in total. The van der Waals surface area contributed by atoms with Crippen LogP contribution in [0.15, 0.2) is 42.7 Å². The molecule has 0 aliphatic rings. The summed E-state index contributed by atoms with van der Waals surface area (Å²) in [6.45, 7) is 0.483. The molecule has 7 nitrogen and oxygen atoms in total. The highest BCUT2D eigenvalue weighted by molar-refractivity contribution is 5.46. The maximum absolute atomic E-state index is 9.38. The first-order valence-electron chi connectivity index (χ1n) is 7.42. The summed E-state index contributed by atoms with van der Waals surface area (Å²) in [6, 6.07) is 11.8. The number of anilines is 1. The molecule has 0 amide bonds. The average molecular weight is 313 g/mol. The molecule has 120 valence electrons. The zero-order valence-corrected chi connectivity index (χ0v) is 12.9. The molecule has 0 unspecified atom stereocenters. The third-order valence-corrected chi connectivity index (χ3v) is 3.54. The molecule has 2 heterocycles. The van der Waals surface area contributed by atoms with Crippen molar-refractivity contribution in [1.82, 2.24) is 19.6 Å². The third kappa shape index (κ3) is 3.46. The van der Waals surface area contributed by atoms with Crippen LogP contribution in [0.4, 0.5) is 5.82 Å². The second-order valence-electron chi connectivity index (χ2n) is 5.16. The summed E-state index contributed by atoms with van der Waals surface area (Å²) in [5.74, 6) is 1.28. The topological polar surface area (TPSA) is 84.6 Å². The predicted molar refractivity (Wildman–Crippen MR) is 86.0 cm³/mol. The normalized spacial score (nSPS) is 12.4. The molecular weight excluding hydrogens is 294 g/mol. The number of fused-ring (bicyclic) bond motifs is 1. The highest BCUT2D eigenvalue weighted by atomic mass is 16.5. The minimum absolute atomic E-state index is 0.0357. The molecule has 0 saturated heterocycles. The van der Waals surface area contributed by atoms with Crippen LogP contribution in [-0.4, -0.2) is 38.4 Å². The Bertz CT molecular complexity index is 760. The number of nitrogens with zero attached hydrogens (tertiary/aromatic N) is 4. The second-order valence-corrected chi connectivity index (χ2v) is 5.16. The van der Waals surface area contributed by atoms with Gasteiger partial charge in [-0.1, -0.05) is 30.3 Å². The number of rotatable bonds is 7. The first kappa shape index (κ1) is 15.4. The fourth-order valence-electron chi connectivity index (χ4n) is 2.50. The molecule has 2 aromatic heterocycles. The monoisotopic (exact) mass is 313 g/mol. The Morgan fingerprint density at radius 1 is 1.30 bits per heavy atom. The van der Waals surface area contributed by atoms with Gasteiger partial charge < -0.3 is 15.2 Å². The smallest absolute Gasteiger partial charge is 0.254 e. The van der Waals surface area contributed by atoms with Gasteiger partial charge in [-0.05, 0) is 12.0 Å². The summed E-state index contributed by atoms with van der Waals surface area (Å²) in [5.41, 5.74) is 1.87. The van der Waals surface area contributed by atoms with Gasteiger partial charge in [0.15, 0.2) is 0 Å². The van der Waals surface area contributed by atoms with Crippen molar-refractivity contribution in [2.75, 3.05) is 19.0 Å². The fraction of sp³-hybridized carbons (Fsp3) is 0.312. The molecule has 3 rings (SSSR count). The number of nitrogens with one attached hydrogen (secondary N) is 1. The minimum Gasteiger partial charge on any atom is -0.396 e. The molecule has 0 fully saturated rings. The SMILES string of the molecule is COCc1cc(N[C@@H](CCO)c2ccccc2)n2ncnc2n1. The van der Waals surface area contributed by atoms with E-state index in [-0.39, 0.29) is 12.6 Å². The van der Waals surface area contributed by atoms with E-state index < -0.39 is 0 Å². The fourth-order valence-corrected chi connectivity index (χ4v) is 2.50. The lowest BCUT2D eigenvalue weighted by atomic mass is 10.0. The molecule has 0 spiro atoms. The van der Waals surface area contributed by atoms with Gasteiger partial charge in [0, 0.05) is 19.8 Å². The first-order valence-corrected chi connectivity index (χ1v) is 7.42. The quantitative estimate of drug-likeness (QED) is 0.692. The average Bonchev–Trinajstić information content (AvgIpc) is 3.04. The molecule has 0 saturated carbocycles. The lowest BCUT2D eigenvalue weighted by Gasteiger charge is -2.20. The molecule has 0 bridgehead atoms. The zero-order valence-electron chi connectivity index (χ0n) is 12.9. The molecule has 7 heteroatoms. The Labute approximate surface area is 134 Å². The highest BCUT2D eigenvalue weighted by Gasteiger charge is 2.14. The van der Waals surface area contributed by atoms with Gasteiger partial charge in [-0.25, -0.2) is 4.98 Å². The highest BCUT2D eigenvalue weighted by Crippen LogP contribution is 2.23. The zero-order chi connectivity index (χ0) is 16.1. The number of methoxy groups -OCH3 is 1. The van der Waals surface area contributed by atoms with E-state index in [1.165, 1.54) is 6.33 Å². The largest absolute Gasteiger partial charge is 0.396 e. The standard InChI is InChI=1S/C16H19N5O2/c1-23-10-13-9-15(21-16(19-13)17-11-18-21)20-14(7-8-22)12-5-3-2-4-6-12/h2-6,9,11,14,20,22H,7-8,10H2,1H3/t14-/m0/s1. The van der Waals surface area contributed by atoms with E-state index in [0.717, 1.165) is 17.1 Å². The predicted octanol–water partition coefficient (Wildman–Crippen LogP) is 1.81. The molecule has 1 atom stereocenters. The van der Waals surface area contributed by atoms with Gasteiger partial charge in [0.2, 0.25) is 0 Å². The second kappa shape index (κ2) is 7.17. The number of hydrogen-bond donors (Lipinski definition) is 2. The summed E-state index contributed by atoms with van der Waals surface area (Å²) in [6.07, 6.45) is 2.05. The van der Waals surface area contributed by atoms with E-state index in [9.17, 15) is 5.11 Å². The number of aromatic nitrogens is 4.